The highest BCUT2D eigenvalue weighted by Crippen LogP contribution is 2.40. The van der Waals surface area contributed by atoms with Crippen molar-refractivity contribution in [3.8, 4) is 0 Å². The molecule has 2 heterocycles. The first kappa shape index (κ1) is 15.0. The van der Waals surface area contributed by atoms with Gasteiger partial charge in [0.2, 0.25) is 5.91 Å². The monoisotopic (exact) mass is 292 g/mol. The summed E-state index contributed by atoms with van der Waals surface area (Å²) in [7, 11) is 0. The van der Waals surface area contributed by atoms with Crippen molar-refractivity contribution < 1.29 is 9.53 Å². The van der Waals surface area contributed by atoms with Gasteiger partial charge in [-0.1, -0.05) is 12.2 Å². The maximum Gasteiger partial charge on any atom is 0.224 e. The van der Waals surface area contributed by atoms with Crippen LogP contribution >= 0.6 is 0 Å². The molecule has 1 amide bonds. The van der Waals surface area contributed by atoms with Gasteiger partial charge in [0.25, 0.3) is 0 Å². The van der Waals surface area contributed by atoms with E-state index in [9.17, 15) is 4.79 Å². The van der Waals surface area contributed by atoms with Crippen molar-refractivity contribution in [1.29, 1.82) is 0 Å². The Kier molecular flexibility index (Phi) is 4.96. The molecule has 2 aliphatic heterocycles. The molecule has 21 heavy (non-hydrogen) atoms. The molecule has 3 rings (SSSR count). The molecule has 2 fully saturated rings. The molecule has 2 saturated heterocycles. The van der Waals surface area contributed by atoms with E-state index in [4.69, 9.17) is 4.74 Å². The summed E-state index contributed by atoms with van der Waals surface area (Å²) in [6.45, 7) is 6.23. The number of morpholine rings is 1. The van der Waals surface area contributed by atoms with Crippen LogP contribution in [0.5, 0.6) is 0 Å². The third-order valence-electron chi connectivity index (χ3n) is 5.31. The van der Waals surface area contributed by atoms with Crippen molar-refractivity contribution in [2.24, 2.45) is 5.41 Å². The molecule has 0 aromatic heterocycles. The SMILES string of the molecule is O=C(CCN1CCC[C@]2(CC=CCC2)C1)N1CCOCC1. The summed E-state index contributed by atoms with van der Waals surface area (Å²) in [5.41, 5.74) is 0.509. The minimum Gasteiger partial charge on any atom is -0.378 e. The number of carbonyl (C=O) groups is 1. The molecule has 4 nitrogen and oxygen atoms in total. The van der Waals surface area contributed by atoms with Crippen LogP contribution in [0.2, 0.25) is 0 Å². The minimum absolute atomic E-state index is 0.307. The number of hydrogen-bond acceptors (Lipinski definition) is 3. The van der Waals surface area contributed by atoms with Crippen LogP contribution in [-0.2, 0) is 9.53 Å². The Morgan fingerprint density at radius 2 is 2.00 bits per heavy atom. The Bertz CT molecular complexity index is 390. The molecule has 3 aliphatic rings. The number of nitrogens with zero attached hydrogens (tertiary/aromatic N) is 2. The zero-order chi connectivity index (χ0) is 14.5. The molecule has 0 unspecified atom stereocenters. The van der Waals surface area contributed by atoms with Gasteiger partial charge in [0.15, 0.2) is 0 Å². The van der Waals surface area contributed by atoms with Gasteiger partial charge in [0.1, 0.15) is 0 Å². The Balaban J connectivity index is 1.46. The van der Waals surface area contributed by atoms with E-state index < -0.39 is 0 Å². The van der Waals surface area contributed by atoms with E-state index in [2.05, 4.69) is 17.1 Å². The molecule has 0 saturated carbocycles. The van der Waals surface area contributed by atoms with Gasteiger partial charge >= 0.3 is 0 Å². The standard InChI is InChI=1S/C17H28N2O2/c20-16(19-11-13-21-14-12-19)5-10-18-9-4-8-17(15-18)6-2-1-3-7-17/h1-2H,3-15H2/t17-/m1/s1. The van der Waals surface area contributed by atoms with Gasteiger partial charge in [-0.2, -0.15) is 0 Å². The van der Waals surface area contributed by atoms with E-state index in [0.717, 1.165) is 19.6 Å². The first-order valence-electron chi connectivity index (χ1n) is 8.50. The molecule has 0 N–H and O–H groups in total. The van der Waals surface area contributed by atoms with Gasteiger partial charge < -0.3 is 14.5 Å². The van der Waals surface area contributed by atoms with Crippen LogP contribution < -0.4 is 0 Å². The van der Waals surface area contributed by atoms with E-state index >= 15 is 0 Å². The second-order valence-corrected chi connectivity index (χ2v) is 6.84. The number of ether oxygens (including phenoxy) is 1. The average Bonchev–Trinajstić information content (AvgIpc) is 2.54. The van der Waals surface area contributed by atoms with Crippen molar-refractivity contribution in [1.82, 2.24) is 9.80 Å². The number of rotatable bonds is 3. The fourth-order valence-electron chi connectivity index (χ4n) is 4.04. The van der Waals surface area contributed by atoms with Crippen molar-refractivity contribution in [3.63, 3.8) is 0 Å². The lowest BCUT2D eigenvalue weighted by Crippen LogP contribution is -2.46. The minimum atomic E-state index is 0.307. The van der Waals surface area contributed by atoms with Gasteiger partial charge in [-0.15, -0.1) is 0 Å². The summed E-state index contributed by atoms with van der Waals surface area (Å²) in [6, 6.07) is 0. The number of allylic oxidation sites excluding steroid dienone is 2. The molecule has 0 aromatic rings. The predicted molar refractivity (Wildman–Crippen MR) is 83.1 cm³/mol. The summed E-state index contributed by atoms with van der Waals surface area (Å²) in [5.74, 6) is 0.307. The van der Waals surface area contributed by atoms with Crippen molar-refractivity contribution >= 4 is 5.91 Å². The Morgan fingerprint density at radius 1 is 1.14 bits per heavy atom. The molecule has 1 aliphatic carbocycles. The van der Waals surface area contributed by atoms with Gasteiger partial charge in [-0.05, 0) is 44.1 Å². The second-order valence-electron chi connectivity index (χ2n) is 6.84. The summed E-state index contributed by atoms with van der Waals surface area (Å²) < 4.78 is 5.31. The topological polar surface area (TPSA) is 32.8 Å². The fourth-order valence-corrected chi connectivity index (χ4v) is 4.04. The lowest BCUT2D eigenvalue weighted by molar-refractivity contribution is -0.135. The third-order valence-corrected chi connectivity index (χ3v) is 5.31. The number of piperidine rings is 1. The second kappa shape index (κ2) is 6.93. The van der Waals surface area contributed by atoms with Crippen LogP contribution in [0, 0.1) is 5.41 Å². The molecule has 0 bridgehead atoms. The quantitative estimate of drug-likeness (QED) is 0.747. The van der Waals surface area contributed by atoms with E-state index in [1.54, 1.807) is 0 Å². The summed E-state index contributed by atoms with van der Waals surface area (Å²) in [5, 5.41) is 0. The van der Waals surface area contributed by atoms with Gasteiger partial charge in [0.05, 0.1) is 13.2 Å². The van der Waals surface area contributed by atoms with Crippen LogP contribution in [-0.4, -0.2) is 61.6 Å². The molecule has 1 atom stereocenters. The number of amides is 1. The summed E-state index contributed by atoms with van der Waals surface area (Å²) >= 11 is 0. The number of carbonyl (C=O) groups excluding carboxylic acids is 1. The summed E-state index contributed by atoms with van der Waals surface area (Å²) in [6.07, 6.45) is 11.8. The largest absolute Gasteiger partial charge is 0.378 e. The maximum atomic E-state index is 12.2. The average molecular weight is 292 g/mol. The van der Waals surface area contributed by atoms with E-state index in [1.165, 1.54) is 45.2 Å². The molecule has 0 aromatic carbocycles. The smallest absolute Gasteiger partial charge is 0.224 e. The molecule has 1 spiro atoms. The van der Waals surface area contributed by atoms with E-state index in [1.807, 2.05) is 4.90 Å². The van der Waals surface area contributed by atoms with Crippen molar-refractivity contribution in [2.45, 2.75) is 38.5 Å². The fraction of sp³-hybridized carbons (Fsp3) is 0.824. The van der Waals surface area contributed by atoms with E-state index in [-0.39, 0.29) is 0 Å². The Morgan fingerprint density at radius 3 is 2.76 bits per heavy atom. The van der Waals surface area contributed by atoms with Crippen molar-refractivity contribution in [3.05, 3.63) is 12.2 Å². The highest BCUT2D eigenvalue weighted by molar-refractivity contribution is 5.76. The molecular formula is C17H28N2O2. The first-order valence-corrected chi connectivity index (χ1v) is 8.50. The lowest BCUT2D eigenvalue weighted by Gasteiger charge is -2.44. The van der Waals surface area contributed by atoms with Crippen LogP contribution in [0.3, 0.4) is 0 Å². The maximum absolute atomic E-state index is 12.2. The van der Waals surface area contributed by atoms with Gasteiger partial charge in [-0.25, -0.2) is 0 Å². The summed E-state index contributed by atoms with van der Waals surface area (Å²) in [4.78, 5) is 16.7. The zero-order valence-corrected chi connectivity index (χ0v) is 13.1. The van der Waals surface area contributed by atoms with Gasteiger partial charge in [-0.3, -0.25) is 4.79 Å². The zero-order valence-electron chi connectivity index (χ0n) is 13.1. The normalized spacial score (nSPS) is 30.8. The van der Waals surface area contributed by atoms with Crippen LogP contribution in [0.4, 0.5) is 0 Å². The lowest BCUT2D eigenvalue weighted by atomic mass is 9.71. The molecule has 118 valence electrons. The third kappa shape index (κ3) is 3.86. The Labute approximate surface area is 128 Å². The van der Waals surface area contributed by atoms with Crippen LogP contribution in [0.25, 0.3) is 0 Å². The highest BCUT2D eigenvalue weighted by atomic mass is 16.5. The number of likely N-dealkylation sites (tertiary alicyclic amines) is 1. The first-order chi connectivity index (χ1) is 10.3. The number of hydrogen-bond donors (Lipinski definition) is 0. The van der Waals surface area contributed by atoms with E-state index in [0.29, 0.717) is 31.0 Å². The highest BCUT2D eigenvalue weighted by Gasteiger charge is 2.35. The predicted octanol–water partition coefficient (Wildman–Crippen LogP) is 2.06. The Hall–Kier alpha value is -0.870. The van der Waals surface area contributed by atoms with Gasteiger partial charge in [0, 0.05) is 32.6 Å². The molecule has 4 heteroatoms. The molecular weight excluding hydrogens is 264 g/mol. The van der Waals surface area contributed by atoms with Crippen LogP contribution in [0.1, 0.15) is 38.5 Å². The van der Waals surface area contributed by atoms with Crippen molar-refractivity contribution in [2.75, 3.05) is 45.9 Å². The van der Waals surface area contributed by atoms with Crippen LogP contribution in [0.15, 0.2) is 12.2 Å². The molecule has 0 radical (unpaired) electrons.